The van der Waals surface area contributed by atoms with E-state index in [1.807, 2.05) is 22.9 Å². The van der Waals surface area contributed by atoms with Crippen LogP contribution in [-0.2, 0) is 24.0 Å². The molecular formula is C24H26N6OS. The monoisotopic (exact) mass is 446 g/mol. The topological polar surface area (TPSA) is 82.5 Å². The number of thioether (sulfide) groups is 1. The zero-order valence-electron chi connectivity index (χ0n) is 18.8. The number of hydrogen-bond donors (Lipinski definition) is 0. The van der Waals surface area contributed by atoms with Crippen LogP contribution in [0.15, 0.2) is 46.2 Å². The Balaban J connectivity index is 1.29. The van der Waals surface area contributed by atoms with Crippen LogP contribution in [0, 0.1) is 6.92 Å². The molecule has 164 valence electrons. The van der Waals surface area contributed by atoms with Crippen LogP contribution in [0.3, 0.4) is 0 Å². The van der Waals surface area contributed by atoms with Gasteiger partial charge in [-0.3, -0.25) is 0 Å². The smallest absolute Gasteiger partial charge is 0.237 e. The molecule has 0 bridgehead atoms. The highest BCUT2D eigenvalue weighted by Gasteiger charge is 2.22. The molecule has 3 aromatic heterocycles. The van der Waals surface area contributed by atoms with Gasteiger partial charge in [0.1, 0.15) is 11.4 Å². The van der Waals surface area contributed by atoms with Crippen molar-refractivity contribution in [3.63, 3.8) is 0 Å². The summed E-state index contributed by atoms with van der Waals surface area (Å²) in [6.45, 7) is 8.67. The van der Waals surface area contributed by atoms with Gasteiger partial charge in [-0.2, -0.15) is 10.1 Å². The molecular weight excluding hydrogens is 420 g/mol. The third kappa shape index (κ3) is 4.07. The van der Waals surface area contributed by atoms with Crippen molar-refractivity contribution in [1.29, 1.82) is 0 Å². The number of fused-ring (bicyclic) bond motifs is 1. The lowest BCUT2D eigenvalue weighted by Crippen LogP contribution is -2.10. The maximum absolute atomic E-state index is 5.47. The average molecular weight is 447 g/mol. The first-order valence-electron chi connectivity index (χ1n) is 10.8. The van der Waals surface area contributed by atoms with E-state index >= 15 is 0 Å². The molecule has 1 aliphatic carbocycles. The molecule has 0 N–H and O–H groups in total. The molecule has 0 spiro atoms. The summed E-state index contributed by atoms with van der Waals surface area (Å²) in [6, 6.07) is 10.3. The van der Waals surface area contributed by atoms with Crippen molar-refractivity contribution in [2.45, 2.75) is 63.2 Å². The average Bonchev–Trinajstić information content (AvgIpc) is 3.51. The molecule has 1 aromatic carbocycles. The van der Waals surface area contributed by atoms with Crippen molar-refractivity contribution in [3.8, 4) is 17.2 Å². The Morgan fingerprint density at radius 1 is 1.09 bits per heavy atom. The van der Waals surface area contributed by atoms with Gasteiger partial charge < -0.3 is 4.52 Å². The van der Waals surface area contributed by atoms with Gasteiger partial charge in [0.2, 0.25) is 11.7 Å². The second-order valence-electron chi connectivity index (χ2n) is 9.12. The van der Waals surface area contributed by atoms with E-state index < -0.39 is 0 Å². The summed E-state index contributed by atoms with van der Waals surface area (Å²) in [5, 5.41) is 9.70. The van der Waals surface area contributed by atoms with Crippen LogP contribution >= 0.6 is 11.8 Å². The van der Waals surface area contributed by atoms with E-state index in [9.17, 15) is 0 Å². The molecule has 0 fully saturated rings. The highest BCUT2D eigenvalue weighted by atomic mass is 32.2. The Morgan fingerprint density at radius 3 is 2.69 bits per heavy atom. The van der Waals surface area contributed by atoms with Crippen LogP contribution in [0.25, 0.3) is 17.2 Å². The fraction of sp³-hybridized carbons (Fsp3) is 0.375. The molecule has 0 amide bonds. The van der Waals surface area contributed by atoms with Crippen LogP contribution in [0.5, 0.6) is 0 Å². The molecule has 0 saturated heterocycles. The molecule has 0 radical (unpaired) electrons. The molecule has 8 heteroatoms. The van der Waals surface area contributed by atoms with E-state index in [-0.39, 0.29) is 5.41 Å². The Hall–Kier alpha value is -3.00. The van der Waals surface area contributed by atoms with Gasteiger partial charge in [-0.1, -0.05) is 62.0 Å². The van der Waals surface area contributed by atoms with Gasteiger partial charge in [0.25, 0.3) is 0 Å². The van der Waals surface area contributed by atoms with Crippen LogP contribution in [0.2, 0.25) is 0 Å². The van der Waals surface area contributed by atoms with Crippen LogP contribution in [-0.4, -0.2) is 29.9 Å². The summed E-state index contributed by atoms with van der Waals surface area (Å²) in [7, 11) is 0. The van der Waals surface area contributed by atoms with E-state index in [4.69, 9.17) is 9.62 Å². The molecule has 7 nitrogen and oxygen atoms in total. The number of nitrogens with zero attached hydrogens (tertiary/aromatic N) is 6. The lowest BCUT2D eigenvalue weighted by atomic mass is 9.87. The fourth-order valence-electron chi connectivity index (χ4n) is 4.02. The van der Waals surface area contributed by atoms with Gasteiger partial charge in [0.05, 0.1) is 11.4 Å². The summed E-state index contributed by atoms with van der Waals surface area (Å²) in [4.78, 5) is 13.4. The fourth-order valence-corrected chi connectivity index (χ4v) is 4.72. The Kier molecular flexibility index (Phi) is 5.33. The van der Waals surface area contributed by atoms with Crippen molar-refractivity contribution in [2.75, 3.05) is 0 Å². The van der Waals surface area contributed by atoms with Crippen LogP contribution < -0.4 is 0 Å². The maximum atomic E-state index is 5.47. The lowest BCUT2D eigenvalue weighted by molar-refractivity contribution is 0.391. The number of rotatable bonds is 5. The zero-order valence-corrected chi connectivity index (χ0v) is 19.6. The third-order valence-electron chi connectivity index (χ3n) is 5.80. The number of aryl methyl sites for hydroxylation is 1. The lowest BCUT2D eigenvalue weighted by Gasteiger charge is -2.18. The summed E-state index contributed by atoms with van der Waals surface area (Å²) in [6.07, 6.45) is 4.92. The number of benzene rings is 1. The second-order valence-corrected chi connectivity index (χ2v) is 10.1. The summed E-state index contributed by atoms with van der Waals surface area (Å²) >= 11 is 1.55. The zero-order chi connectivity index (χ0) is 22.3. The third-order valence-corrected chi connectivity index (χ3v) is 6.71. The van der Waals surface area contributed by atoms with Gasteiger partial charge in [-0.25, -0.2) is 14.6 Å². The highest BCUT2D eigenvalue weighted by Crippen LogP contribution is 2.29. The minimum absolute atomic E-state index is 0.114. The highest BCUT2D eigenvalue weighted by molar-refractivity contribution is 7.98. The van der Waals surface area contributed by atoms with Crippen molar-refractivity contribution in [1.82, 2.24) is 29.9 Å². The molecule has 0 aliphatic heterocycles. The van der Waals surface area contributed by atoms with Gasteiger partial charge >= 0.3 is 0 Å². The normalized spacial score (nSPS) is 13.5. The first-order valence-corrected chi connectivity index (χ1v) is 11.8. The quantitative estimate of drug-likeness (QED) is 0.311. The number of aromatic nitrogens is 6. The minimum Gasteiger partial charge on any atom is -0.338 e. The SMILES string of the molecule is Cc1nn(-c2cc(SCc3nc(-c4ccc(C(C)(C)C)cc4)no3)ncn2)c2c1CCC2. The predicted molar refractivity (Wildman–Crippen MR) is 124 cm³/mol. The molecule has 3 heterocycles. The van der Waals surface area contributed by atoms with Crippen molar-refractivity contribution in [3.05, 3.63) is 65.1 Å². The Morgan fingerprint density at radius 2 is 1.91 bits per heavy atom. The van der Waals surface area contributed by atoms with Gasteiger partial charge in [0.15, 0.2) is 5.82 Å². The van der Waals surface area contributed by atoms with Crippen LogP contribution in [0.1, 0.15) is 55.6 Å². The number of hydrogen-bond acceptors (Lipinski definition) is 7. The van der Waals surface area contributed by atoms with E-state index in [0.717, 1.165) is 34.9 Å². The summed E-state index contributed by atoms with van der Waals surface area (Å²) in [5.41, 5.74) is 6.08. The minimum atomic E-state index is 0.114. The molecule has 32 heavy (non-hydrogen) atoms. The van der Waals surface area contributed by atoms with E-state index in [0.29, 0.717) is 17.5 Å². The first-order chi connectivity index (χ1) is 15.4. The molecule has 0 unspecified atom stereocenters. The molecule has 0 saturated carbocycles. The molecule has 0 atom stereocenters. The Bertz CT molecular complexity index is 1250. The van der Waals surface area contributed by atoms with Crippen molar-refractivity contribution < 1.29 is 4.52 Å². The van der Waals surface area contributed by atoms with Gasteiger partial charge in [-0.15, -0.1) is 0 Å². The van der Waals surface area contributed by atoms with Crippen LogP contribution in [0.4, 0.5) is 0 Å². The standard InChI is InChI=1S/C24H26N6OS/c1-15-18-6-5-7-19(18)30(28-15)20-12-22(26-14-25-20)32-13-21-27-23(29-31-21)16-8-10-17(11-9-16)24(2,3)4/h8-12,14H,5-7,13H2,1-4H3. The second kappa shape index (κ2) is 8.16. The predicted octanol–water partition coefficient (Wildman–Crippen LogP) is 5.10. The van der Waals surface area contributed by atoms with Crippen molar-refractivity contribution in [2.24, 2.45) is 0 Å². The summed E-state index contributed by atoms with van der Waals surface area (Å²) in [5.74, 6) is 2.52. The van der Waals surface area contributed by atoms with E-state index in [2.05, 4.69) is 59.9 Å². The van der Waals surface area contributed by atoms with E-state index in [1.54, 1.807) is 18.1 Å². The van der Waals surface area contributed by atoms with E-state index in [1.165, 1.54) is 23.2 Å². The first kappa shape index (κ1) is 20.9. The van der Waals surface area contributed by atoms with Crippen molar-refractivity contribution >= 4 is 11.8 Å². The molecule has 5 rings (SSSR count). The Labute approximate surface area is 191 Å². The van der Waals surface area contributed by atoms with Gasteiger partial charge in [0, 0.05) is 17.3 Å². The summed E-state index contributed by atoms with van der Waals surface area (Å²) < 4.78 is 7.44. The largest absolute Gasteiger partial charge is 0.338 e. The maximum Gasteiger partial charge on any atom is 0.237 e. The molecule has 4 aromatic rings. The molecule has 1 aliphatic rings. The van der Waals surface area contributed by atoms with Gasteiger partial charge in [-0.05, 0) is 42.7 Å².